The van der Waals surface area contributed by atoms with Crippen LogP contribution in [0.3, 0.4) is 0 Å². The lowest BCUT2D eigenvalue weighted by Gasteiger charge is -2.20. The molecule has 0 aromatic rings. The van der Waals surface area contributed by atoms with Gasteiger partial charge in [0.15, 0.2) is 0 Å². The van der Waals surface area contributed by atoms with Gasteiger partial charge in [-0.25, -0.2) is 0 Å². The summed E-state index contributed by atoms with van der Waals surface area (Å²) in [5.74, 6) is -0.253. The van der Waals surface area contributed by atoms with Crippen LogP contribution in [-0.2, 0) is 14.3 Å². The Hall–Kier alpha value is -1.34. The van der Waals surface area contributed by atoms with Crippen molar-refractivity contribution in [3.05, 3.63) is 0 Å². The number of methoxy groups -OCH3 is 1. The number of nitrogens with two attached hydrogens (primary N) is 1. The fourth-order valence-electron chi connectivity index (χ4n) is 1.12. The standard InChI is InChI=1S/C10H21N3O4/c1-8(10(11)12-15)6-13(2)9(14)7-17-5-4-16-3/h8,15H,4-7H2,1-3H3,(H2,11,12). The lowest BCUT2D eigenvalue weighted by molar-refractivity contribution is -0.135. The maximum absolute atomic E-state index is 11.6. The van der Waals surface area contributed by atoms with Crippen LogP contribution < -0.4 is 5.73 Å². The molecule has 0 bridgehead atoms. The Labute approximate surface area is 101 Å². The average Bonchev–Trinajstić information content (AvgIpc) is 2.32. The summed E-state index contributed by atoms with van der Waals surface area (Å²) in [5, 5.41) is 11.4. The second-order valence-corrected chi connectivity index (χ2v) is 3.75. The van der Waals surface area contributed by atoms with Crippen molar-refractivity contribution in [1.82, 2.24) is 4.90 Å². The van der Waals surface area contributed by atoms with E-state index in [4.69, 9.17) is 20.4 Å². The van der Waals surface area contributed by atoms with Gasteiger partial charge in [0.25, 0.3) is 0 Å². The van der Waals surface area contributed by atoms with Crippen molar-refractivity contribution < 1.29 is 19.5 Å². The third-order valence-electron chi connectivity index (χ3n) is 2.25. The number of likely N-dealkylation sites (N-methyl/N-ethyl adjacent to an activating group) is 1. The number of nitrogens with zero attached hydrogens (tertiary/aromatic N) is 2. The van der Waals surface area contributed by atoms with Gasteiger partial charge in [0.1, 0.15) is 12.4 Å². The van der Waals surface area contributed by atoms with Gasteiger partial charge in [-0.2, -0.15) is 0 Å². The predicted octanol–water partition coefficient (Wildman–Crippen LogP) is -0.510. The Morgan fingerprint density at radius 2 is 2.18 bits per heavy atom. The van der Waals surface area contributed by atoms with Gasteiger partial charge in [-0.15, -0.1) is 0 Å². The smallest absolute Gasteiger partial charge is 0.248 e. The number of oxime groups is 1. The van der Waals surface area contributed by atoms with E-state index >= 15 is 0 Å². The van der Waals surface area contributed by atoms with Crippen LogP contribution in [0.2, 0.25) is 0 Å². The quantitative estimate of drug-likeness (QED) is 0.198. The van der Waals surface area contributed by atoms with E-state index in [-0.39, 0.29) is 24.3 Å². The molecule has 7 heteroatoms. The maximum Gasteiger partial charge on any atom is 0.248 e. The SMILES string of the molecule is COCCOCC(=O)N(C)CC(C)C(N)=NO. The first-order valence-corrected chi connectivity index (χ1v) is 5.31. The lowest BCUT2D eigenvalue weighted by Crippen LogP contribution is -2.38. The highest BCUT2D eigenvalue weighted by molar-refractivity contribution is 5.83. The van der Waals surface area contributed by atoms with Crippen LogP contribution in [0.4, 0.5) is 0 Å². The molecule has 0 aliphatic carbocycles. The number of rotatable bonds is 8. The first-order valence-electron chi connectivity index (χ1n) is 5.31. The van der Waals surface area contributed by atoms with Crippen molar-refractivity contribution in [3.8, 4) is 0 Å². The minimum Gasteiger partial charge on any atom is -0.409 e. The van der Waals surface area contributed by atoms with Gasteiger partial charge in [0, 0.05) is 26.6 Å². The number of hydrogen-bond donors (Lipinski definition) is 2. The van der Waals surface area contributed by atoms with Crippen LogP contribution in [0, 0.1) is 5.92 Å². The normalized spacial score (nSPS) is 13.5. The van der Waals surface area contributed by atoms with Gasteiger partial charge < -0.3 is 25.3 Å². The molecule has 100 valence electrons. The zero-order chi connectivity index (χ0) is 13.3. The van der Waals surface area contributed by atoms with Crippen LogP contribution >= 0.6 is 0 Å². The molecule has 0 saturated heterocycles. The molecule has 1 amide bonds. The Kier molecular flexibility index (Phi) is 8.08. The van der Waals surface area contributed by atoms with Crippen molar-refractivity contribution in [3.63, 3.8) is 0 Å². The molecule has 0 fully saturated rings. The molecule has 0 aliphatic rings. The summed E-state index contributed by atoms with van der Waals surface area (Å²) in [6.07, 6.45) is 0. The summed E-state index contributed by atoms with van der Waals surface area (Å²) in [4.78, 5) is 13.1. The van der Waals surface area contributed by atoms with Crippen molar-refractivity contribution >= 4 is 11.7 Å². The van der Waals surface area contributed by atoms with Crippen LogP contribution in [0.5, 0.6) is 0 Å². The summed E-state index contributed by atoms with van der Waals surface area (Å²) in [5.41, 5.74) is 5.42. The second kappa shape index (κ2) is 8.77. The van der Waals surface area contributed by atoms with Crippen LogP contribution in [-0.4, -0.2) is 62.4 Å². The van der Waals surface area contributed by atoms with Gasteiger partial charge >= 0.3 is 0 Å². The van der Waals surface area contributed by atoms with Crippen molar-refractivity contribution in [2.24, 2.45) is 16.8 Å². The third kappa shape index (κ3) is 6.75. The molecule has 1 unspecified atom stereocenters. The molecule has 17 heavy (non-hydrogen) atoms. The molecule has 7 nitrogen and oxygen atoms in total. The fraction of sp³-hybridized carbons (Fsp3) is 0.800. The second-order valence-electron chi connectivity index (χ2n) is 3.75. The number of carbonyl (C=O) groups is 1. The van der Waals surface area contributed by atoms with Gasteiger partial charge in [0.05, 0.1) is 13.2 Å². The van der Waals surface area contributed by atoms with Gasteiger partial charge in [0.2, 0.25) is 5.91 Å². The van der Waals surface area contributed by atoms with Gasteiger partial charge in [-0.1, -0.05) is 12.1 Å². The summed E-state index contributed by atoms with van der Waals surface area (Å²) < 4.78 is 9.88. The zero-order valence-corrected chi connectivity index (χ0v) is 10.5. The number of hydrogen-bond acceptors (Lipinski definition) is 5. The van der Waals surface area contributed by atoms with E-state index in [0.29, 0.717) is 19.8 Å². The number of amidine groups is 1. The van der Waals surface area contributed by atoms with Crippen LogP contribution in [0.25, 0.3) is 0 Å². The van der Waals surface area contributed by atoms with Crippen LogP contribution in [0.1, 0.15) is 6.92 Å². The molecule has 0 saturated carbocycles. The maximum atomic E-state index is 11.6. The topological polar surface area (TPSA) is 97.4 Å². The minimum atomic E-state index is -0.201. The molecular weight excluding hydrogens is 226 g/mol. The van der Waals surface area contributed by atoms with Crippen LogP contribution in [0.15, 0.2) is 5.16 Å². The van der Waals surface area contributed by atoms with E-state index in [1.165, 1.54) is 4.90 Å². The zero-order valence-electron chi connectivity index (χ0n) is 10.5. The molecule has 0 aliphatic heterocycles. The first kappa shape index (κ1) is 15.7. The molecule has 3 N–H and O–H groups in total. The molecule has 0 radical (unpaired) electrons. The van der Waals surface area contributed by atoms with Crippen molar-refractivity contribution in [2.75, 3.05) is 40.5 Å². The number of ether oxygens (including phenoxy) is 2. The molecule has 0 aromatic heterocycles. The molecule has 0 heterocycles. The van der Waals surface area contributed by atoms with Gasteiger partial charge in [-0.3, -0.25) is 4.79 Å². The molecular formula is C10H21N3O4. The third-order valence-corrected chi connectivity index (χ3v) is 2.25. The summed E-state index contributed by atoms with van der Waals surface area (Å²) in [6.45, 7) is 2.99. The van der Waals surface area contributed by atoms with E-state index in [1.807, 2.05) is 0 Å². The Bertz CT molecular complexity index is 258. The predicted molar refractivity (Wildman–Crippen MR) is 62.9 cm³/mol. The highest BCUT2D eigenvalue weighted by Crippen LogP contribution is 1.99. The first-order chi connectivity index (χ1) is 8.02. The Morgan fingerprint density at radius 1 is 1.53 bits per heavy atom. The average molecular weight is 247 g/mol. The molecule has 0 spiro atoms. The number of carbonyl (C=O) groups excluding carboxylic acids is 1. The largest absolute Gasteiger partial charge is 0.409 e. The molecule has 0 rings (SSSR count). The Morgan fingerprint density at radius 3 is 2.71 bits per heavy atom. The molecule has 0 aromatic carbocycles. The number of amides is 1. The summed E-state index contributed by atoms with van der Waals surface area (Å²) >= 11 is 0. The lowest BCUT2D eigenvalue weighted by atomic mass is 10.1. The highest BCUT2D eigenvalue weighted by atomic mass is 16.5. The van der Waals surface area contributed by atoms with Crippen molar-refractivity contribution in [1.29, 1.82) is 0 Å². The molecule has 1 atom stereocenters. The minimum absolute atomic E-state index is 0.00273. The van der Waals surface area contributed by atoms with Crippen molar-refractivity contribution in [2.45, 2.75) is 6.92 Å². The summed E-state index contributed by atoms with van der Waals surface area (Å²) in [7, 11) is 3.21. The van der Waals surface area contributed by atoms with E-state index in [0.717, 1.165) is 0 Å². The van der Waals surface area contributed by atoms with E-state index in [9.17, 15) is 4.79 Å². The fourth-order valence-corrected chi connectivity index (χ4v) is 1.12. The monoisotopic (exact) mass is 247 g/mol. The van der Waals surface area contributed by atoms with E-state index in [1.54, 1.807) is 21.1 Å². The van der Waals surface area contributed by atoms with E-state index in [2.05, 4.69) is 5.16 Å². The van der Waals surface area contributed by atoms with Gasteiger partial charge in [-0.05, 0) is 0 Å². The highest BCUT2D eigenvalue weighted by Gasteiger charge is 2.15. The Balaban J connectivity index is 3.89. The van der Waals surface area contributed by atoms with E-state index < -0.39 is 0 Å². The summed E-state index contributed by atoms with van der Waals surface area (Å²) in [6, 6.07) is 0.